The van der Waals surface area contributed by atoms with E-state index in [1.54, 1.807) is 18.2 Å². The van der Waals surface area contributed by atoms with E-state index in [4.69, 9.17) is 37.4 Å². The lowest BCUT2D eigenvalue weighted by Crippen LogP contribution is -2.16. The monoisotopic (exact) mass is 381 g/mol. The first-order valence-corrected chi connectivity index (χ1v) is 9.12. The molecule has 1 unspecified atom stereocenters. The highest BCUT2D eigenvalue weighted by Crippen LogP contribution is 2.27. The minimum atomic E-state index is 0.231. The Kier molecular flexibility index (Phi) is 6.68. The Morgan fingerprint density at radius 1 is 1.08 bits per heavy atom. The Morgan fingerprint density at radius 3 is 2.64 bits per heavy atom. The largest absolute Gasteiger partial charge is 0.491 e. The molecule has 1 fully saturated rings. The summed E-state index contributed by atoms with van der Waals surface area (Å²) in [6, 6.07) is 13.1. The van der Waals surface area contributed by atoms with Gasteiger partial charge in [-0.05, 0) is 55.3 Å². The van der Waals surface area contributed by atoms with Crippen LogP contribution in [0.4, 0.5) is 5.69 Å². The summed E-state index contributed by atoms with van der Waals surface area (Å²) in [5, 5.41) is 4.40. The molecule has 1 N–H and O–H groups in total. The van der Waals surface area contributed by atoms with Gasteiger partial charge in [0.05, 0.1) is 11.1 Å². The number of hydrogen-bond donors (Lipinski definition) is 1. The lowest BCUT2D eigenvalue weighted by Gasteiger charge is -2.12. The molecule has 2 aromatic carbocycles. The predicted molar refractivity (Wildman–Crippen MR) is 101 cm³/mol. The first-order valence-electron chi connectivity index (χ1n) is 8.37. The minimum Gasteiger partial charge on any atom is -0.491 e. The van der Waals surface area contributed by atoms with E-state index >= 15 is 0 Å². The maximum absolute atomic E-state index is 6.07. The van der Waals surface area contributed by atoms with Crippen molar-refractivity contribution >= 4 is 28.9 Å². The molecule has 134 valence electrons. The Labute approximate surface area is 158 Å². The van der Waals surface area contributed by atoms with Crippen molar-refractivity contribution < 1.29 is 14.2 Å². The number of ether oxygens (including phenoxy) is 3. The standard InChI is InChI=1S/C19H21Cl2NO3/c20-14-3-8-19(18(21)12-14)24-11-9-22-15-4-6-16(7-5-15)25-13-17-2-1-10-23-17/h3-8,12,17,22H,1-2,9-11,13H2. The summed E-state index contributed by atoms with van der Waals surface area (Å²) in [6.45, 7) is 2.62. The van der Waals surface area contributed by atoms with Gasteiger partial charge in [0.1, 0.15) is 24.7 Å². The van der Waals surface area contributed by atoms with E-state index in [1.165, 1.54) is 0 Å². The highest BCUT2D eigenvalue weighted by molar-refractivity contribution is 6.35. The third-order valence-corrected chi connectivity index (χ3v) is 4.43. The van der Waals surface area contributed by atoms with Gasteiger partial charge in [0.2, 0.25) is 0 Å². The number of halogens is 2. The molecule has 1 saturated heterocycles. The second kappa shape index (κ2) is 9.18. The first kappa shape index (κ1) is 18.2. The Hall–Kier alpha value is -1.62. The number of hydrogen-bond acceptors (Lipinski definition) is 4. The molecule has 1 aliphatic rings. The van der Waals surface area contributed by atoms with Gasteiger partial charge in [0.25, 0.3) is 0 Å². The van der Waals surface area contributed by atoms with Crippen LogP contribution in [0.25, 0.3) is 0 Å². The molecular weight excluding hydrogens is 361 g/mol. The Bertz CT molecular complexity index is 673. The molecule has 0 aromatic heterocycles. The van der Waals surface area contributed by atoms with E-state index in [-0.39, 0.29) is 6.10 Å². The molecule has 0 amide bonds. The van der Waals surface area contributed by atoms with Crippen LogP contribution in [0.5, 0.6) is 11.5 Å². The molecule has 1 aliphatic heterocycles. The van der Waals surface area contributed by atoms with Crippen LogP contribution in [-0.2, 0) is 4.74 Å². The van der Waals surface area contributed by atoms with Gasteiger partial charge in [-0.3, -0.25) is 0 Å². The van der Waals surface area contributed by atoms with Gasteiger partial charge in [-0.2, -0.15) is 0 Å². The molecule has 3 rings (SSSR count). The smallest absolute Gasteiger partial charge is 0.138 e. The van der Waals surface area contributed by atoms with Crippen molar-refractivity contribution in [2.75, 3.05) is 31.7 Å². The van der Waals surface area contributed by atoms with Crippen LogP contribution in [0.15, 0.2) is 42.5 Å². The Morgan fingerprint density at radius 2 is 1.92 bits per heavy atom. The molecule has 0 spiro atoms. The molecule has 6 heteroatoms. The van der Waals surface area contributed by atoms with Crippen molar-refractivity contribution in [1.82, 2.24) is 0 Å². The van der Waals surface area contributed by atoms with Crippen molar-refractivity contribution in [1.29, 1.82) is 0 Å². The maximum atomic E-state index is 6.07. The van der Waals surface area contributed by atoms with Crippen LogP contribution in [0.2, 0.25) is 10.0 Å². The zero-order valence-corrected chi connectivity index (χ0v) is 15.4. The van der Waals surface area contributed by atoms with Gasteiger partial charge in [0, 0.05) is 23.9 Å². The highest BCUT2D eigenvalue weighted by atomic mass is 35.5. The molecule has 0 bridgehead atoms. The van der Waals surface area contributed by atoms with Crippen molar-refractivity contribution in [3.05, 3.63) is 52.5 Å². The average Bonchev–Trinajstić information content (AvgIpc) is 3.13. The average molecular weight is 382 g/mol. The van der Waals surface area contributed by atoms with Crippen molar-refractivity contribution in [2.24, 2.45) is 0 Å². The van der Waals surface area contributed by atoms with E-state index in [1.807, 2.05) is 24.3 Å². The molecule has 0 radical (unpaired) electrons. The van der Waals surface area contributed by atoms with Gasteiger partial charge in [0.15, 0.2) is 0 Å². The quantitative estimate of drug-likeness (QED) is 0.650. The van der Waals surface area contributed by atoms with Gasteiger partial charge in [-0.1, -0.05) is 23.2 Å². The zero-order chi connectivity index (χ0) is 17.5. The summed E-state index contributed by atoms with van der Waals surface area (Å²) < 4.78 is 16.9. The third-order valence-electron chi connectivity index (χ3n) is 3.90. The van der Waals surface area contributed by atoms with Crippen molar-refractivity contribution in [2.45, 2.75) is 18.9 Å². The lowest BCUT2D eigenvalue weighted by atomic mass is 10.2. The normalized spacial score (nSPS) is 16.6. The Balaban J connectivity index is 1.38. The molecule has 2 aromatic rings. The SMILES string of the molecule is Clc1ccc(OCCNc2ccc(OCC3CCCO3)cc2)c(Cl)c1. The summed E-state index contributed by atoms with van der Waals surface area (Å²) >= 11 is 11.9. The van der Waals surface area contributed by atoms with Gasteiger partial charge >= 0.3 is 0 Å². The van der Waals surface area contributed by atoms with Crippen LogP contribution in [-0.4, -0.2) is 32.5 Å². The highest BCUT2D eigenvalue weighted by Gasteiger charge is 2.15. The van der Waals surface area contributed by atoms with Crippen LogP contribution in [0, 0.1) is 0 Å². The van der Waals surface area contributed by atoms with E-state index in [9.17, 15) is 0 Å². The topological polar surface area (TPSA) is 39.7 Å². The fourth-order valence-corrected chi connectivity index (χ4v) is 3.05. The fourth-order valence-electron chi connectivity index (χ4n) is 2.58. The predicted octanol–water partition coefficient (Wildman–Crippen LogP) is 5.04. The van der Waals surface area contributed by atoms with E-state index in [0.717, 1.165) is 30.9 Å². The number of nitrogens with one attached hydrogen (secondary N) is 1. The van der Waals surface area contributed by atoms with Crippen molar-refractivity contribution in [3.8, 4) is 11.5 Å². The van der Waals surface area contributed by atoms with Crippen LogP contribution < -0.4 is 14.8 Å². The summed E-state index contributed by atoms with van der Waals surface area (Å²) in [6.07, 6.45) is 2.44. The molecule has 4 nitrogen and oxygen atoms in total. The molecule has 0 aliphatic carbocycles. The number of benzene rings is 2. The third kappa shape index (κ3) is 5.70. The summed E-state index contributed by atoms with van der Waals surface area (Å²) in [5.41, 5.74) is 1.01. The van der Waals surface area contributed by atoms with Crippen LogP contribution >= 0.6 is 23.2 Å². The van der Waals surface area contributed by atoms with Crippen LogP contribution in [0.3, 0.4) is 0 Å². The number of anilines is 1. The van der Waals surface area contributed by atoms with Gasteiger partial charge in [-0.15, -0.1) is 0 Å². The van der Waals surface area contributed by atoms with Crippen LogP contribution in [0.1, 0.15) is 12.8 Å². The first-order chi connectivity index (χ1) is 12.2. The summed E-state index contributed by atoms with van der Waals surface area (Å²) in [4.78, 5) is 0. The van der Waals surface area contributed by atoms with Gasteiger partial charge < -0.3 is 19.5 Å². The van der Waals surface area contributed by atoms with E-state index < -0.39 is 0 Å². The molecule has 0 saturated carbocycles. The summed E-state index contributed by atoms with van der Waals surface area (Å²) in [5.74, 6) is 1.48. The maximum Gasteiger partial charge on any atom is 0.138 e. The second-order valence-corrected chi connectivity index (χ2v) is 6.66. The molecular formula is C19H21Cl2NO3. The van der Waals surface area contributed by atoms with E-state index in [2.05, 4.69) is 5.32 Å². The van der Waals surface area contributed by atoms with Crippen molar-refractivity contribution in [3.63, 3.8) is 0 Å². The zero-order valence-electron chi connectivity index (χ0n) is 13.8. The molecule has 1 heterocycles. The lowest BCUT2D eigenvalue weighted by molar-refractivity contribution is 0.0679. The number of rotatable bonds is 8. The minimum absolute atomic E-state index is 0.231. The summed E-state index contributed by atoms with van der Waals surface area (Å²) in [7, 11) is 0. The fraction of sp³-hybridized carbons (Fsp3) is 0.368. The molecule has 1 atom stereocenters. The second-order valence-electron chi connectivity index (χ2n) is 5.82. The molecule has 25 heavy (non-hydrogen) atoms. The van der Waals surface area contributed by atoms with Gasteiger partial charge in [-0.25, -0.2) is 0 Å². The van der Waals surface area contributed by atoms with E-state index in [0.29, 0.717) is 35.6 Å².